The predicted octanol–water partition coefficient (Wildman–Crippen LogP) is 3.95. The summed E-state index contributed by atoms with van der Waals surface area (Å²) >= 11 is 0. The standard InChI is InChI=1S/C16H13N/c1-2-6-14-8-3-4-10-16(14)15-9-5-7-13(11-15)12-17/h2-5,7-11H,1,6H2. The molecule has 1 nitrogen and oxygen atoms in total. The third-order valence-corrected chi connectivity index (χ3v) is 2.68. The van der Waals surface area contributed by atoms with Crippen LogP contribution in [-0.2, 0) is 6.42 Å². The first-order chi connectivity index (χ1) is 8.35. The van der Waals surface area contributed by atoms with Gasteiger partial charge >= 0.3 is 0 Å². The molecule has 0 heterocycles. The molecule has 0 atom stereocenters. The Morgan fingerprint density at radius 2 is 1.94 bits per heavy atom. The quantitative estimate of drug-likeness (QED) is 0.717. The number of allylic oxidation sites excluding steroid dienone is 1. The van der Waals surface area contributed by atoms with Crippen LogP contribution >= 0.6 is 0 Å². The fourth-order valence-electron chi connectivity index (χ4n) is 1.89. The third kappa shape index (κ3) is 2.43. The van der Waals surface area contributed by atoms with Gasteiger partial charge in [-0.25, -0.2) is 0 Å². The Morgan fingerprint density at radius 1 is 1.12 bits per heavy atom. The van der Waals surface area contributed by atoms with Gasteiger partial charge in [0.25, 0.3) is 0 Å². The second-order valence-corrected chi connectivity index (χ2v) is 3.84. The highest BCUT2D eigenvalue weighted by Crippen LogP contribution is 2.24. The molecule has 0 unspecified atom stereocenters. The lowest BCUT2D eigenvalue weighted by Crippen LogP contribution is -1.88. The number of rotatable bonds is 3. The highest BCUT2D eigenvalue weighted by Gasteiger charge is 2.03. The molecule has 0 spiro atoms. The predicted molar refractivity (Wildman–Crippen MR) is 70.5 cm³/mol. The first kappa shape index (κ1) is 11.2. The van der Waals surface area contributed by atoms with Crippen molar-refractivity contribution in [3.05, 3.63) is 72.3 Å². The lowest BCUT2D eigenvalue weighted by atomic mass is 9.97. The summed E-state index contributed by atoms with van der Waals surface area (Å²) in [7, 11) is 0. The Hall–Kier alpha value is -2.33. The smallest absolute Gasteiger partial charge is 0.0991 e. The summed E-state index contributed by atoms with van der Waals surface area (Å²) in [4.78, 5) is 0. The van der Waals surface area contributed by atoms with Crippen LogP contribution in [0.4, 0.5) is 0 Å². The van der Waals surface area contributed by atoms with E-state index in [4.69, 9.17) is 5.26 Å². The highest BCUT2D eigenvalue weighted by atomic mass is 14.2. The lowest BCUT2D eigenvalue weighted by molar-refractivity contribution is 1.28. The number of hydrogen-bond acceptors (Lipinski definition) is 1. The van der Waals surface area contributed by atoms with E-state index in [0.29, 0.717) is 5.56 Å². The fraction of sp³-hybridized carbons (Fsp3) is 0.0625. The Morgan fingerprint density at radius 3 is 2.71 bits per heavy atom. The average molecular weight is 219 g/mol. The second kappa shape index (κ2) is 5.14. The van der Waals surface area contributed by atoms with E-state index in [1.165, 1.54) is 11.1 Å². The molecule has 0 aliphatic heterocycles. The average Bonchev–Trinajstić information content (AvgIpc) is 2.40. The van der Waals surface area contributed by atoms with E-state index in [9.17, 15) is 0 Å². The van der Waals surface area contributed by atoms with Crippen molar-refractivity contribution >= 4 is 0 Å². The fourth-order valence-corrected chi connectivity index (χ4v) is 1.89. The van der Waals surface area contributed by atoms with Crippen molar-refractivity contribution in [1.29, 1.82) is 5.26 Å². The van der Waals surface area contributed by atoms with E-state index in [0.717, 1.165) is 12.0 Å². The maximum Gasteiger partial charge on any atom is 0.0991 e. The van der Waals surface area contributed by atoms with Gasteiger partial charge in [-0.1, -0.05) is 42.5 Å². The molecule has 0 aliphatic carbocycles. The maximum absolute atomic E-state index is 8.92. The number of nitriles is 1. The molecular formula is C16H13N. The molecule has 0 radical (unpaired) electrons. The van der Waals surface area contributed by atoms with Crippen molar-refractivity contribution in [1.82, 2.24) is 0 Å². The van der Waals surface area contributed by atoms with E-state index >= 15 is 0 Å². The van der Waals surface area contributed by atoms with Gasteiger partial charge in [0.05, 0.1) is 11.6 Å². The molecular weight excluding hydrogens is 206 g/mol. The van der Waals surface area contributed by atoms with Crippen LogP contribution in [-0.4, -0.2) is 0 Å². The van der Waals surface area contributed by atoms with Crippen LogP contribution in [0.3, 0.4) is 0 Å². The van der Waals surface area contributed by atoms with Gasteiger partial charge in [0.1, 0.15) is 0 Å². The molecule has 2 aromatic carbocycles. The molecule has 0 fully saturated rings. The summed E-state index contributed by atoms with van der Waals surface area (Å²) in [5.74, 6) is 0. The molecule has 1 heteroatoms. The van der Waals surface area contributed by atoms with Crippen LogP contribution in [0.15, 0.2) is 61.2 Å². The van der Waals surface area contributed by atoms with Crippen molar-refractivity contribution in [3.8, 4) is 17.2 Å². The van der Waals surface area contributed by atoms with Gasteiger partial charge in [-0.2, -0.15) is 5.26 Å². The van der Waals surface area contributed by atoms with Crippen LogP contribution in [0.5, 0.6) is 0 Å². The first-order valence-corrected chi connectivity index (χ1v) is 5.54. The topological polar surface area (TPSA) is 23.8 Å². The minimum absolute atomic E-state index is 0.691. The number of hydrogen-bond donors (Lipinski definition) is 0. The van der Waals surface area contributed by atoms with E-state index in [1.807, 2.05) is 42.5 Å². The zero-order valence-electron chi connectivity index (χ0n) is 9.56. The Balaban J connectivity index is 2.52. The monoisotopic (exact) mass is 219 g/mol. The third-order valence-electron chi connectivity index (χ3n) is 2.68. The molecule has 0 aliphatic rings. The SMILES string of the molecule is C=CCc1ccccc1-c1cccc(C#N)c1. The molecule has 17 heavy (non-hydrogen) atoms. The minimum atomic E-state index is 0.691. The Kier molecular flexibility index (Phi) is 3.37. The van der Waals surface area contributed by atoms with Crippen LogP contribution in [0.2, 0.25) is 0 Å². The summed E-state index contributed by atoms with van der Waals surface area (Å²) in [5, 5.41) is 8.92. The summed E-state index contributed by atoms with van der Waals surface area (Å²) in [6, 6.07) is 18.1. The van der Waals surface area contributed by atoms with E-state index in [-0.39, 0.29) is 0 Å². The van der Waals surface area contributed by atoms with Crippen LogP contribution < -0.4 is 0 Å². The van der Waals surface area contributed by atoms with Gasteiger partial charge in [-0.3, -0.25) is 0 Å². The van der Waals surface area contributed by atoms with Crippen LogP contribution in [0.25, 0.3) is 11.1 Å². The molecule has 2 aromatic rings. The molecule has 0 N–H and O–H groups in total. The molecule has 0 saturated carbocycles. The summed E-state index contributed by atoms with van der Waals surface area (Å²) in [5.41, 5.74) is 4.18. The Bertz CT molecular complexity index is 576. The Labute approximate surface area is 102 Å². The van der Waals surface area contributed by atoms with E-state index in [1.54, 1.807) is 0 Å². The van der Waals surface area contributed by atoms with Crippen LogP contribution in [0, 0.1) is 11.3 Å². The zero-order valence-corrected chi connectivity index (χ0v) is 9.56. The van der Waals surface area contributed by atoms with Gasteiger partial charge in [-0.15, -0.1) is 6.58 Å². The second-order valence-electron chi connectivity index (χ2n) is 3.84. The molecule has 0 aromatic heterocycles. The lowest BCUT2D eigenvalue weighted by Gasteiger charge is -2.08. The van der Waals surface area contributed by atoms with Crippen molar-refractivity contribution < 1.29 is 0 Å². The summed E-state index contributed by atoms with van der Waals surface area (Å²) in [6.45, 7) is 3.77. The molecule has 2 rings (SSSR count). The van der Waals surface area contributed by atoms with Gasteiger partial charge in [0.2, 0.25) is 0 Å². The molecule has 82 valence electrons. The minimum Gasteiger partial charge on any atom is -0.192 e. The van der Waals surface area contributed by atoms with Gasteiger partial charge < -0.3 is 0 Å². The van der Waals surface area contributed by atoms with Gasteiger partial charge in [0, 0.05) is 0 Å². The molecule has 0 saturated heterocycles. The maximum atomic E-state index is 8.92. The number of benzene rings is 2. The molecule has 0 amide bonds. The molecule has 0 bridgehead atoms. The van der Waals surface area contributed by atoms with Crippen molar-refractivity contribution in [2.24, 2.45) is 0 Å². The highest BCUT2D eigenvalue weighted by molar-refractivity contribution is 5.69. The summed E-state index contributed by atoms with van der Waals surface area (Å²) in [6.07, 6.45) is 2.74. The van der Waals surface area contributed by atoms with Crippen LogP contribution in [0.1, 0.15) is 11.1 Å². The van der Waals surface area contributed by atoms with Crippen molar-refractivity contribution in [2.75, 3.05) is 0 Å². The van der Waals surface area contributed by atoms with Gasteiger partial charge in [-0.05, 0) is 35.2 Å². The van der Waals surface area contributed by atoms with Gasteiger partial charge in [0.15, 0.2) is 0 Å². The van der Waals surface area contributed by atoms with Crippen molar-refractivity contribution in [3.63, 3.8) is 0 Å². The van der Waals surface area contributed by atoms with E-state index < -0.39 is 0 Å². The number of nitrogens with zero attached hydrogens (tertiary/aromatic N) is 1. The van der Waals surface area contributed by atoms with Crippen molar-refractivity contribution in [2.45, 2.75) is 6.42 Å². The first-order valence-electron chi connectivity index (χ1n) is 5.54. The largest absolute Gasteiger partial charge is 0.192 e. The normalized spacial score (nSPS) is 9.59. The van der Waals surface area contributed by atoms with E-state index in [2.05, 4.69) is 24.8 Å². The zero-order chi connectivity index (χ0) is 12.1. The summed E-state index contributed by atoms with van der Waals surface area (Å²) < 4.78 is 0.